The van der Waals surface area contributed by atoms with Gasteiger partial charge in [-0.1, -0.05) is 36.4 Å². The van der Waals surface area contributed by atoms with Gasteiger partial charge in [-0.3, -0.25) is 4.79 Å². The number of carbonyl (C=O) groups excluding carboxylic acids is 1. The summed E-state index contributed by atoms with van der Waals surface area (Å²) < 4.78 is 5.78. The van der Waals surface area contributed by atoms with Crippen molar-refractivity contribution in [2.75, 3.05) is 20.1 Å². The second-order valence-corrected chi connectivity index (χ2v) is 10.2. The zero-order chi connectivity index (χ0) is 23.4. The summed E-state index contributed by atoms with van der Waals surface area (Å²) in [5.41, 5.74) is 4.64. The first kappa shape index (κ1) is 26.5. The highest BCUT2D eigenvalue weighted by Gasteiger charge is 2.43. The van der Waals surface area contributed by atoms with Gasteiger partial charge in [-0.15, -0.1) is 12.4 Å². The molecule has 5 nitrogen and oxygen atoms in total. The van der Waals surface area contributed by atoms with Gasteiger partial charge >= 0.3 is 5.97 Å². The molecule has 2 atom stereocenters. The number of esters is 1. The molecule has 0 radical (unpaired) electrons. The van der Waals surface area contributed by atoms with E-state index in [9.17, 15) is 4.79 Å². The molecule has 1 aliphatic carbocycles. The van der Waals surface area contributed by atoms with Crippen LogP contribution in [0.5, 0.6) is 5.75 Å². The van der Waals surface area contributed by atoms with Gasteiger partial charge in [-0.25, -0.2) is 0 Å². The van der Waals surface area contributed by atoms with E-state index >= 15 is 0 Å². The number of hydrogen-bond donors (Lipinski definition) is 0. The van der Waals surface area contributed by atoms with Crippen LogP contribution in [0.2, 0.25) is 0 Å². The molecule has 2 aromatic rings. The van der Waals surface area contributed by atoms with Crippen molar-refractivity contribution in [1.82, 2.24) is 4.90 Å². The maximum atomic E-state index is 13.3. The maximum Gasteiger partial charge on any atom is 0.312 e. The molecule has 0 fully saturated rings. The molecule has 0 saturated carbocycles. The van der Waals surface area contributed by atoms with Crippen LogP contribution in [0.1, 0.15) is 55.9 Å². The monoisotopic (exact) mass is 487 g/mol. The van der Waals surface area contributed by atoms with Crippen molar-refractivity contribution in [2.24, 2.45) is 11.3 Å². The van der Waals surface area contributed by atoms with Crippen LogP contribution >= 0.6 is 12.4 Å². The third kappa shape index (κ3) is 6.12. The van der Waals surface area contributed by atoms with E-state index in [1.165, 1.54) is 16.7 Å². The number of aryl methyl sites for hydroxylation is 1. The van der Waals surface area contributed by atoms with Gasteiger partial charge in [0.25, 0.3) is 0 Å². The molecule has 2 aliphatic rings. The van der Waals surface area contributed by atoms with Crippen LogP contribution in [-0.2, 0) is 40.3 Å². The lowest BCUT2D eigenvalue weighted by molar-refractivity contribution is -0.194. The van der Waals surface area contributed by atoms with Crippen molar-refractivity contribution < 1.29 is 19.3 Å². The molecule has 0 spiro atoms. The second kappa shape index (κ2) is 11.6. The van der Waals surface area contributed by atoms with Crippen molar-refractivity contribution in [2.45, 2.75) is 65.6 Å². The molecule has 0 bridgehead atoms. The average molecular weight is 488 g/mol. The summed E-state index contributed by atoms with van der Waals surface area (Å²) in [4.78, 5) is 25.9. The summed E-state index contributed by atoms with van der Waals surface area (Å²) in [5.74, 6) is 1.07. The largest absolute Gasteiger partial charge is 0.463 e. The standard InChI is InChI=1S/C28H37NO4.ClH/c1-20(2)32-27(30)28(3,25-12-11-22-7-5-6-8-23(22)18-25)14-16-29(4)15-13-21-9-10-24-19-31-33-26(24)17-21;/h5-10,17,20,25H,11-16,18-19H2,1-4H3;1H. The van der Waals surface area contributed by atoms with Crippen LogP contribution < -0.4 is 4.89 Å². The van der Waals surface area contributed by atoms with Gasteiger partial charge in [0.2, 0.25) is 0 Å². The lowest BCUT2D eigenvalue weighted by Crippen LogP contribution is -2.43. The highest BCUT2D eigenvalue weighted by molar-refractivity contribution is 5.85. The van der Waals surface area contributed by atoms with Crippen LogP contribution in [0, 0.1) is 11.3 Å². The quantitative estimate of drug-likeness (QED) is 0.342. The normalized spacial score (nSPS) is 18.5. The minimum atomic E-state index is -0.495. The molecule has 1 heterocycles. The second-order valence-electron chi connectivity index (χ2n) is 10.2. The van der Waals surface area contributed by atoms with Gasteiger partial charge in [0.15, 0.2) is 5.75 Å². The third-order valence-corrected chi connectivity index (χ3v) is 7.35. The number of benzene rings is 2. The smallest absolute Gasteiger partial charge is 0.312 e. The van der Waals surface area contributed by atoms with Crippen molar-refractivity contribution >= 4 is 18.4 Å². The Morgan fingerprint density at radius 1 is 1.15 bits per heavy atom. The van der Waals surface area contributed by atoms with Crippen LogP contribution in [-0.4, -0.2) is 37.1 Å². The van der Waals surface area contributed by atoms with Crippen molar-refractivity contribution in [3.05, 3.63) is 64.7 Å². The highest BCUT2D eigenvalue weighted by Crippen LogP contribution is 2.41. The predicted molar refractivity (Wildman–Crippen MR) is 136 cm³/mol. The number of carbonyl (C=O) groups is 1. The van der Waals surface area contributed by atoms with E-state index in [1.54, 1.807) is 0 Å². The first-order valence-corrected chi connectivity index (χ1v) is 12.2. The lowest BCUT2D eigenvalue weighted by Gasteiger charge is -2.40. The summed E-state index contributed by atoms with van der Waals surface area (Å²) in [5, 5.41) is 0. The molecule has 0 saturated heterocycles. The molecule has 2 unspecified atom stereocenters. The molecular weight excluding hydrogens is 450 g/mol. The number of ether oxygens (including phenoxy) is 1. The summed E-state index contributed by atoms with van der Waals surface area (Å²) in [6.07, 6.45) is 4.63. The van der Waals surface area contributed by atoms with E-state index in [1.807, 2.05) is 13.8 Å². The van der Waals surface area contributed by atoms with Crippen LogP contribution in [0.25, 0.3) is 0 Å². The number of fused-ring (bicyclic) bond motifs is 2. The number of hydrogen-bond acceptors (Lipinski definition) is 5. The molecular formula is C28H38ClNO4. The summed E-state index contributed by atoms with van der Waals surface area (Å²) in [6.45, 7) is 8.29. The fraction of sp³-hybridized carbons (Fsp3) is 0.536. The fourth-order valence-electron chi connectivity index (χ4n) is 5.03. The Bertz CT molecular complexity index is 979. The molecule has 4 rings (SSSR count). The molecule has 6 heteroatoms. The molecule has 0 amide bonds. The van der Waals surface area contributed by atoms with E-state index < -0.39 is 5.41 Å². The minimum Gasteiger partial charge on any atom is -0.463 e. The molecule has 1 aliphatic heterocycles. The van der Waals surface area contributed by atoms with Gasteiger partial charge in [-0.05, 0) is 95.1 Å². The highest BCUT2D eigenvalue weighted by atomic mass is 35.5. The SMILES string of the molecule is CC(C)OC(=O)C(C)(CCN(C)CCc1ccc2c(c1)OOC2)C1CCc2ccccc2C1.Cl. The average Bonchev–Trinajstić information content (AvgIpc) is 3.28. The van der Waals surface area contributed by atoms with E-state index in [0.717, 1.165) is 56.5 Å². The Kier molecular flexibility index (Phi) is 9.02. The van der Waals surface area contributed by atoms with Gasteiger partial charge < -0.3 is 14.5 Å². The molecule has 2 aromatic carbocycles. The third-order valence-electron chi connectivity index (χ3n) is 7.35. The summed E-state index contributed by atoms with van der Waals surface area (Å²) in [7, 11) is 2.14. The van der Waals surface area contributed by atoms with Gasteiger partial charge in [0, 0.05) is 12.1 Å². The van der Waals surface area contributed by atoms with E-state index in [4.69, 9.17) is 14.5 Å². The van der Waals surface area contributed by atoms with E-state index in [0.29, 0.717) is 12.5 Å². The summed E-state index contributed by atoms with van der Waals surface area (Å²) in [6, 6.07) is 15.0. The zero-order valence-electron chi connectivity index (χ0n) is 20.8. The number of likely N-dealkylation sites (N-methyl/N-ethyl adjacent to an activating group) is 1. The maximum absolute atomic E-state index is 13.3. The molecule has 0 aromatic heterocycles. The van der Waals surface area contributed by atoms with Crippen molar-refractivity contribution in [3.63, 3.8) is 0 Å². The van der Waals surface area contributed by atoms with Crippen LogP contribution in [0.15, 0.2) is 42.5 Å². The van der Waals surface area contributed by atoms with Crippen molar-refractivity contribution in [1.29, 1.82) is 0 Å². The topological polar surface area (TPSA) is 48.0 Å². The predicted octanol–water partition coefficient (Wildman–Crippen LogP) is 5.56. The summed E-state index contributed by atoms with van der Waals surface area (Å²) >= 11 is 0. The zero-order valence-corrected chi connectivity index (χ0v) is 21.7. The number of halogens is 1. The van der Waals surface area contributed by atoms with Gasteiger partial charge in [-0.2, -0.15) is 4.89 Å². The fourth-order valence-corrected chi connectivity index (χ4v) is 5.03. The van der Waals surface area contributed by atoms with Gasteiger partial charge in [0.1, 0.15) is 6.61 Å². The Balaban J connectivity index is 0.00000324. The van der Waals surface area contributed by atoms with Crippen LogP contribution in [0.4, 0.5) is 0 Å². The minimum absolute atomic E-state index is 0. The molecule has 0 N–H and O–H groups in total. The number of rotatable bonds is 9. The van der Waals surface area contributed by atoms with E-state index in [-0.39, 0.29) is 24.5 Å². The van der Waals surface area contributed by atoms with Crippen LogP contribution in [0.3, 0.4) is 0 Å². The van der Waals surface area contributed by atoms with E-state index in [2.05, 4.69) is 61.3 Å². The Hall–Kier alpha value is -2.08. The van der Waals surface area contributed by atoms with Crippen molar-refractivity contribution in [3.8, 4) is 5.75 Å². The Morgan fingerprint density at radius 3 is 2.68 bits per heavy atom. The Morgan fingerprint density at radius 2 is 1.91 bits per heavy atom. The first-order valence-electron chi connectivity index (χ1n) is 12.2. The lowest BCUT2D eigenvalue weighted by atomic mass is 9.66. The Labute approximate surface area is 210 Å². The first-order chi connectivity index (χ1) is 15.8. The molecule has 34 heavy (non-hydrogen) atoms. The van der Waals surface area contributed by atoms with Gasteiger partial charge in [0.05, 0.1) is 11.5 Å². The molecule has 186 valence electrons. The number of nitrogens with zero attached hydrogens (tertiary/aromatic N) is 1.